The van der Waals surface area contributed by atoms with Crippen molar-refractivity contribution in [3.63, 3.8) is 0 Å². The zero-order valence-electron chi connectivity index (χ0n) is 14.6. The fraction of sp³-hybridized carbons (Fsp3) is 0.143. The van der Waals surface area contributed by atoms with Crippen molar-refractivity contribution in [1.29, 1.82) is 0 Å². The molecule has 26 heavy (non-hydrogen) atoms. The van der Waals surface area contributed by atoms with Crippen LogP contribution in [-0.4, -0.2) is 10.8 Å². The Labute approximate surface area is 160 Å². The standard InChI is InChI=1S/C21H21N3O.ClH/c1-16-8-5-6-11-18(16)15-25-19-12-7-13-23-21(19)24-20(22)14-17-9-3-2-4-10-17;/h2-13H,14-15H2,1H3,(H2,22,23,24);1H. The second-order valence-corrected chi connectivity index (χ2v) is 5.81. The van der Waals surface area contributed by atoms with E-state index in [1.807, 2.05) is 54.6 Å². The average Bonchev–Trinajstić information content (AvgIpc) is 2.63. The van der Waals surface area contributed by atoms with Crippen LogP contribution in [0.3, 0.4) is 0 Å². The zero-order chi connectivity index (χ0) is 17.5. The first kappa shape index (κ1) is 19.5. The third-order valence-electron chi connectivity index (χ3n) is 3.87. The highest BCUT2D eigenvalue weighted by molar-refractivity contribution is 5.85. The van der Waals surface area contributed by atoms with E-state index >= 15 is 0 Å². The van der Waals surface area contributed by atoms with Gasteiger partial charge in [0, 0.05) is 12.6 Å². The molecule has 0 amide bonds. The zero-order valence-corrected chi connectivity index (χ0v) is 15.4. The smallest absolute Gasteiger partial charge is 0.196 e. The van der Waals surface area contributed by atoms with Crippen LogP contribution in [-0.2, 0) is 13.0 Å². The fourth-order valence-electron chi connectivity index (χ4n) is 2.49. The molecule has 4 nitrogen and oxygen atoms in total. The molecule has 3 rings (SSSR count). The summed E-state index contributed by atoms with van der Waals surface area (Å²) in [5.74, 6) is 1.64. The number of amidine groups is 1. The minimum atomic E-state index is 0. The van der Waals surface area contributed by atoms with Crippen molar-refractivity contribution in [3.8, 4) is 5.75 Å². The highest BCUT2D eigenvalue weighted by Gasteiger charge is 2.06. The molecule has 0 fully saturated rings. The molecule has 2 N–H and O–H groups in total. The molecular weight excluding hydrogens is 346 g/mol. The van der Waals surface area contributed by atoms with Gasteiger partial charge < -0.3 is 10.5 Å². The van der Waals surface area contributed by atoms with Gasteiger partial charge in [-0.2, -0.15) is 0 Å². The van der Waals surface area contributed by atoms with Crippen LogP contribution >= 0.6 is 12.4 Å². The van der Waals surface area contributed by atoms with Gasteiger partial charge in [-0.25, -0.2) is 9.98 Å². The molecular formula is C21H22ClN3O. The SMILES string of the molecule is Cc1ccccc1COc1cccnc1/N=C(\N)Cc1ccccc1.Cl. The van der Waals surface area contributed by atoms with Gasteiger partial charge in [0.05, 0.1) is 0 Å². The Bertz CT molecular complexity index is 866. The Morgan fingerprint density at radius 1 is 1.00 bits per heavy atom. The second kappa shape index (κ2) is 9.59. The first-order valence-electron chi connectivity index (χ1n) is 8.21. The van der Waals surface area contributed by atoms with Gasteiger partial charge in [-0.1, -0.05) is 54.6 Å². The van der Waals surface area contributed by atoms with E-state index in [1.165, 1.54) is 5.56 Å². The number of hydrogen-bond acceptors (Lipinski definition) is 3. The molecule has 2 aromatic carbocycles. The Morgan fingerprint density at radius 2 is 1.73 bits per heavy atom. The van der Waals surface area contributed by atoms with Crippen molar-refractivity contribution in [2.45, 2.75) is 20.0 Å². The number of aliphatic imine (C=N–C) groups is 1. The van der Waals surface area contributed by atoms with E-state index in [4.69, 9.17) is 10.5 Å². The Kier molecular flexibility index (Phi) is 7.18. The normalized spacial score (nSPS) is 10.9. The van der Waals surface area contributed by atoms with E-state index in [2.05, 4.69) is 29.0 Å². The van der Waals surface area contributed by atoms with Gasteiger partial charge >= 0.3 is 0 Å². The summed E-state index contributed by atoms with van der Waals surface area (Å²) in [5, 5.41) is 0. The Hall–Kier alpha value is -2.85. The number of aryl methyl sites for hydroxylation is 1. The summed E-state index contributed by atoms with van der Waals surface area (Å²) >= 11 is 0. The summed E-state index contributed by atoms with van der Waals surface area (Å²) < 4.78 is 5.93. The molecule has 0 aliphatic rings. The van der Waals surface area contributed by atoms with Crippen molar-refractivity contribution >= 4 is 24.1 Å². The molecule has 5 heteroatoms. The van der Waals surface area contributed by atoms with Gasteiger partial charge in [-0.3, -0.25) is 0 Å². The molecule has 0 spiro atoms. The Morgan fingerprint density at radius 3 is 2.50 bits per heavy atom. The lowest BCUT2D eigenvalue weighted by Crippen LogP contribution is -2.14. The third kappa shape index (κ3) is 5.33. The van der Waals surface area contributed by atoms with Crippen molar-refractivity contribution in [2.75, 3.05) is 0 Å². The summed E-state index contributed by atoms with van der Waals surface area (Å²) in [6.45, 7) is 2.54. The van der Waals surface area contributed by atoms with Crippen molar-refractivity contribution < 1.29 is 4.74 Å². The number of aromatic nitrogens is 1. The van der Waals surface area contributed by atoms with Crippen LogP contribution in [0.1, 0.15) is 16.7 Å². The van der Waals surface area contributed by atoms with E-state index in [0.717, 1.165) is 11.1 Å². The fourth-order valence-corrected chi connectivity index (χ4v) is 2.49. The molecule has 3 aromatic rings. The highest BCUT2D eigenvalue weighted by Crippen LogP contribution is 2.25. The molecule has 0 aliphatic carbocycles. The number of nitrogens with zero attached hydrogens (tertiary/aromatic N) is 2. The molecule has 0 atom stereocenters. The number of benzene rings is 2. The second-order valence-electron chi connectivity index (χ2n) is 5.81. The maximum absolute atomic E-state index is 6.09. The molecule has 1 heterocycles. The molecule has 1 aromatic heterocycles. The number of halogens is 1. The van der Waals surface area contributed by atoms with E-state index in [1.54, 1.807) is 6.20 Å². The van der Waals surface area contributed by atoms with Crippen molar-refractivity contribution in [1.82, 2.24) is 4.98 Å². The number of ether oxygens (including phenoxy) is 1. The maximum atomic E-state index is 6.09. The lowest BCUT2D eigenvalue weighted by atomic mass is 10.1. The molecule has 134 valence electrons. The predicted molar refractivity (Wildman–Crippen MR) is 108 cm³/mol. The number of nitrogens with two attached hydrogens (primary N) is 1. The van der Waals surface area contributed by atoms with Crippen LogP contribution in [0, 0.1) is 6.92 Å². The molecule has 0 saturated heterocycles. The van der Waals surface area contributed by atoms with Gasteiger partial charge in [0.2, 0.25) is 0 Å². The molecule has 0 bridgehead atoms. The summed E-state index contributed by atoms with van der Waals surface area (Å²) in [5.41, 5.74) is 9.54. The minimum Gasteiger partial charge on any atom is -0.485 e. The van der Waals surface area contributed by atoms with E-state index in [-0.39, 0.29) is 12.4 Å². The monoisotopic (exact) mass is 367 g/mol. The lowest BCUT2D eigenvalue weighted by molar-refractivity contribution is 0.305. The van der Waals surface area contributed by atoms with Crippen LogP contribution in [0.5, 0.6) is 5.75 Å². The summed E-state index contributed by atoms with van der Waals surface area (Å²) in [4.78, 5) is 8.75. The van der Waals surface area contributed by atoms with E-state index < -0.39 is 0 Å². The summed E-state index contributed by atoms with van der Waals surface area (Å²) in [6.07, 6.45) is 2.27. The quantitative estimate of drug-likeness (QED) is 0.510. The van der Waals surface area contributed by atoms with Gasteiger partial charge in [-0.05, 0) is 35.7 Å². The lowest BCUT2D eigenvalue weighted by Gasteiger charge is -2.10. The number of pyridine rings is 1. The third-order valence-corrected chi connectivity index (χ3v) is 3.87. The average molecular weight is 368 g/mol. The van der Waals surface area contributed by atoms with Crippen molar-refractivity contribution in [3.05, 3.63) is 89.6 Å². The largest absolute Gasteiger partial charge is 0.485 e. The van der Waals surface area contributed by atoms with Crippen LogP contribution < -0.4 is 10.5 Å². The van der Waals surface area contributed by atoms with Gasteiger partial charge in [0.25, 0.3) is 0 Å². The van der Waals surface area contributed by atoms with Gasteiger partial charge in [0.15, 0.2) is 11.6 Å². The molecule has 0 aliphatic heterocycles. The van der Waals surface area contributed by atoms with Crippen LogP contribution in [0.2, 0.25) is 0 Å². The maximum Gasteiger partial charge on any atom is 0.196 e. The number of hydrogen-bond donors (Lipinski definition) is 1. The van der Waals surface area contributed by atoms with Crippen LogP contribution in [0.15, 0.2) is 77.9 Å². The first-order valence-corrected chi connectivity index (χ1v) is 8.21. The molecule has 0 radical (unpaired) electrons. The van der Waals surface area contributed by atoms with Gasteiger partial charge in [0.1, 0.15) is 12.4 Å². The number of rotatable bonds is 6. The van der Waals surface area contributed by atoms with E-state index in [0.29, 0.717) is 30.4 Å². The summed E-state index contributed by atoms with van der Waals surface area (Å²) in [6, 6.07) is 21.8. The van der Waals surface area contributed by atoms with Crippen molar-refractivity contribution in [2.24, 2.45) is 10.7 Å². The van der Waals surface area contributed by atoms with E-state index in [9.17, 15) is 0 Å². The Balaban J connectivity index is 0.00000243. The molecule has 0 saturated carbocycles. The van der Waals surface area contributed by atoms with Crippen LogP contribution in [0.25, 0.3) is 0 Å². The molecule has 0 unspecified atom stereocenters. The minimum absolute atomic E-state index is 0. The predicted octanol–water partition coefficient (Wildman–Crippen LogP) is 4.62. The van der Waals surface area contributed by atoms with Gasteiger partial charge in [-0.15, -0.1) is 12.4 Å². The first-order chi connectivity index (χ1) is 12.2. The topological polar surface area (TPSA) is 60.5 Å². The summed E-state index contributed by atoms with van der Waals surface area (Å²) in [7, 11) is 0. The highest BCUT2D eigenvalue weighted by atomic mass is 35.5. The van der Waals surface area contributed by atoms with Crippen LogP contribution in [0.4, 0.5) is 5.82 Å².